The van der Waals surface area contributed by atoms with E-state index in [2.05, 4.69) is 16.8 Å². The molecule has 0 fully saturated rings. The van der Waals surface area contributed by atoms with E-state index >= 15 is 0 Å². The molecule has 1 aromatic carbocycles. The Morgan fingerprint density at radius 1 is 1.45 bits per heavy atom. The molecule has 0 saturated carbocycles. The van der Waals surface area contributed by atoms with Crippen LogP contribution in [0.15, 0.2) is 35.7 Å². The first kappa shape index (κ1) is 13.1. The Bertz CT molecular complexity index is 640. The second-order valence-corrected chi connectivity index (χ2v) is 5.86. The molecule has 3 rings (SSSR count). The van der Waals surface area contributed by atoms with E-state index in [1.165, 1.54) is 22.6 Å². The van der Waals surface area contributed by atoms with Gasteiger partial charge in [0.05, 0.1) is 6.04 Å². The standard InChI is InChI=1S/C15H15FN2OS/c1-10-13-6-8-20-14(13)5-7-18(10)15(19)17-12-4-2-3-11(16)9-12/h2-4,6,8-10H,5,7H2,1H3,(H,17,19)/t10-/m0/s1. The van der Waals surface area contributed by atoms with Gasteiger partial charge in [0.25, 0.3) is 0 Å². The first-order valence-corrected chi connectivity index (χ1v) is 7.42. The van der Waals surface area contributed by atoms with E-state index in [1.807, 2.05) is 6.92 Å². The average Bonchev–Trinajstić information content (AvgIpc) is 2.88. The van der Waals surface area contributed by atoms with Crippen LogP contribution in [0.4, 0.5) is 14.9 Å². The van der Waals surface area contributed by atoms with Crippen LogP contribution < -0.4 is 5.32 Å². The molecular formula is C15H15FN2OS. The quantitative estimate of drug-likeness (QED) is 0.844. The van der Waals surface area contributed by atoms with E-state index in [-0.39, 0.29) is 17.9 Å². The van der Waals surface area contributed by atoms with Crippen LogP contribution in [-0.4, -0.2) is 17.5 Å². The Hall–Kier alpha value is -1.88. The predicted molar refractivity (Wildman–Crippen MR) is 78.6 cm³/mol. The normalized spacial score (nSPS) is 17.7. The summed E-state index contributed by atoms with van der Waals surface area (Å²) in [6.07, 6.45) is 0.883. The number of rotatable bonds is 1. The fourth-order valence-corrected chi connectivity index (χ4v) is 3.51. The van der Waals surface area contributed by atoms with Crippen molar-refractivity contribution in [2.24, 2.45) is 0 Å². The maximum absolute atomic E-state index is 13.1. The monoisotopic (exact) mass is 290 g/mol. The van der Waals surface area contributed by atoms with Gasteiger partial charge in [0.15, 0.2) is 0 Å². The van der Waals surface area contributed by atoms with Crippen molar-refractivity contribution in [2.45, 2.75) is 19.4 Å². The average molecular weight is 290 g/mol. The van der Waals surface area contributed by atoms with E-state index in [0.717, 1.165) is 6.42 Å². The third-order valence-corrected chi connectivity index (χ3v) is 4.61. The highest BCUT2D eigenvalue weighted by Gasteiger charge is 2.28. The summed E-state index contributed by atoms with van der Waals surface area (Å²) in [6, 6.07) is 7.90. The molecule has 2 aromatic rings. The zero-order chi connectivity index (χ0) is 14.1. The van der Waals surface area contributed by atoms with Crippen molar-refractivity contribution in [2.75, 3.05) is 11.9 Å². The molecule has 2 amide bonds. The number of carbonyl (C=O) groups is 1. The van der Waals surface area contributed by atoms with Crippen molar-refractivity contribution in [1.29, 1.82) is 0 Å². The molecule has 3 nitrogen and oxygen atoms in total. The summed E-state index contributed by atoms with van der Waals surface area (Å²) in [4.78, 5) is 15.5. The van der Waals surface area contributed by atoms with Crippen LogP contribution in [-0.2, 0) is 6.42 Å². The molecule has 1 atom stereocenters. The first-order chi connectivity index (χ1) is 9.65. The number of carbonyl (C=O) groups excluding carboxylic acids is 1. The molecule has 0 radical (unpaired) electrons. The van der Waals surface area contributed by atoms with E-state index in [9.17, 15) is 9.18 Å². The topological polar surface area (TPSA) is 32.3 Å². The number of hydrogen-bond acceptors (Lipinski definition) is 2. The van der Waals surface area contributed by atoms with Gasteiger partial charge in [0.2, 0.25) is 0 Å². The summed E-state index contributed by atoms with van der Waals surface area (Å²) >= 11 is 1.74. The lowest BCUT2D eigenvalue weighted by molar-refractivity contribution is 0.189. The molecule has 104 valence electrons. The van der Waals surface area contributed by atoms with Crippen LogP contribution in [0.5, 0.6) is 0 Å². The molecule has 0 saturated heterocycles. The zero-order valence-corrected chi connectivity index (χ0v) is 11.9. The number of anilines is 1. The van der Waals surface area contributed by atoms with Gasteiger partial charge in [-0.05, 0) is 48.6 Å². The zero-order valence-electron chi connectivity index (χ0n) is 11.1. The number of nitrogens with one attached hydrogen (secondary N) is 1. The molecular weight excluding hydrogens is 275 g/mol. The van der Waals surface area contributed by atoms with Crippen molar-refractivity contribution in [1.82, 2.24) is 4.90 Å². The number of urea groups is 1. The summed E-state index contributed by atoms with van der Waals surface area (Å²) < 4.78 is 13.1. The number of fused-ring (bicyclic) bond motifs is 1. The summed E-state index contributed by atoms with van der Waals surface area (Å²) in [5.74, 6) is -0.352. The molecule has 0 aliphatic carbocycles. The summed E-state index contributed by atoms with van der Waals surface area (Å²) in [7, 11) is 0. The van der Waals surface area contributed by atoms with Crippen LogP contribution >= 0.6 is 11.3 Å². The van der Waals surface area contributed by atoms with Gasteiger partial charge in [-0.3, -0.25) is 0 Å². The first-order valence-electron chi connectivity index (χ1n) is 6.54. The number of halogens is 1. The largest absolute Gasteiger partial charge is 0.322 e. The molecule has 2 heterocycles. The maximum Gasteiger partial charge on any atom is 0.322 e. The van der Waals surface area contributed by atoms with Gasteiger partial charge >= 0.3 is 6.03 Å². The number of hydrogen-bond donors (Lipinski definition) is 1. The van der Waals surface area contributed by atoms with E-state index in [4.69, 9.17) is 0 Å². The van der Waals surface area contributed by atoms with E-state index in [0.29, 0.717) is 12.2 Å². The van der Waals surface area contributed by atoms with Crippen molar-refractivity contribution < 1.29 is 9.18 Å². The summed E-state index contributed by atoms with van der Waals surface area (Å²) in [6.45, 7) is 2.71. The van der Waals surface area contributed by atoms with Gasteiger partial charge in [-0.25, -0.2) is 9.18 Å². The van der Waals surface area contributed by atoms with Gasteiger partial charge in [0.1, 0.15) is 5.82 Å². The highest BCUT2D eigenvalue weighted by Crippen LogP contribution is 2.33. The number of benzene rings is 1. The van der Waals surface area contributed by atoms with Gasteiger partial charge in [-0.1, -0.05) is 6.07 Å². The van der Waals surface area contributed by atoms with Gasteiger partial charge in [0, 0.05) is 17.1 Å². The predicted octanol–water partition coefficient (Wildman–Crippen LogP) is 4.04. The summed E-state index contributed by atoms with van der Waals surface area (Å²) in [5, 5.41) is 4.82. The molecule has 20 heavy (non-hydrogen) atoms. The minimum absolute atomic E-state index is 0.0542. The Morgan fingerprint density at radius 2 is 2.30 bits per heavy atom. The van der Waals surface area contributed by atoms with Crippen LogP contribution in [0.25, 0.3) is 0 Å². The fourth-order valence-electron chi connectivity index (χ4n) is 2.55. The second kappa shape index (κ2) is 5.25. The smallest absolute Gasteiger partial charge is 0.317 e. The molecule has 0 spiro atoms. The SMILES string of the molecule is C[C@H]1c2ccsc2CCN1C(=O)Nc1cccc(F)c1. The lowest BCUT2D eigenvalue weighted by Gasteiger charge is -2.33. The van der Waals surface area contributed by atoms with Crippen LogP contribution in [0.2, 0.25) is 0 Å². The molecule has 1 aliphatic heterocycles. The maximum atomic E-state index is 13.1. The molecule has 1 aromatic heterocycles. The molecule has 1 N–H and O–H groups in total. The highest BCUT2D eigenvalue weighted by atomic mass is 32.1. The lowest BCUT2D eigenvalue weighted by atomic mass is 10.0. The highest BCUT2D eigenvalue weighted by molar-refractivity contribution is 7.10. The minimum atomic E-state index is -0.352. The Labute approximate surface area is 121 Å². The molecule has 0 bridgehead atoms. The van der Waals surface area contributed by atoms with Crippen molar-refractivity contribution in [3.8, 4) is 0 Å². The minimum Gasteiger partial charge on any atom is -0.317 e. The fraction of sp³-hybridized carbons (Fsp3) is 0.267. The number of thiophene rings is 1. The second-order valence-electron chi connectivity index (χ2n) is 4.86. The summed E-state index contributed by atoms with van der Waals surface area (Å²) in [5.41, 5.74) is 1.70. The van der Waals surface area contributed by atoms with Crippen LogP contribution in [0.1, 0.15) is 23.4 Å². The Morgan fingerprint density at radius 3 is 3.10 bits per heavy atom. The third-order valence-electron chi connectivity index (χ3n) is 3.61. The van der Waals surface area contributed by atoms with Crippen molar-refractivity contribution >= 4 is 23.1 Å². The Kier molecular flexibility index (Phi) is 3.44. The molecule has 0 unspecified atom stereocenters. The van der Waals surface area contributed by atoms with E-state index < -0.39 is 0 Å². The molecule has 1 aliphatic rings. The van der Waals surface area contributed by atoms with Crippen molar-refractivity contribution in [3.63, 3.8) is 0 Å². The lowest BCUT2D eigenvalue weighted by Crippen LogP contribution is -2.40. The van der Waals surface area contributed by atoms with Crippen LogP contribution in [0, 0.1) is 5.82 Å². The van der Waals surface area contributed by atoms with Crippen molar-refractivity contribution in [3.05, 3.63) is 52.0 Å². The number of nitrogens with zero attached hydrogens (tertiary/aromatic N) is 1. The van der Waals surface area contributed by atoms with Gasteiger partial charge < -0.3 is 10.2 Å². The molecule has 5 heteroatoms. The van der Waals surface area contributed by atoms with Gasteiger partial charge in [-0.15, -0.1) is 11.3 Å². The van der Waals surface area contributed by atoms with Gasteiger partial charge in [-0.2, -0.15) is 0 Å². The van der Waals surface area contributed by atoms with Crippen LogP contribution in [0.3, 0.4) is 0 Å². The van der Waals surface area contributed by atoms with E-state index in [1.54, 1.807) is 28.4 Å². The third kappa shape index (κ3) is 2.41. The Balaban J connectivity index is 1.75. The number of amides is 2.